The molecule has 0 spiro atoms. The average molecular weight is 221 g/mol. The lowest BCUT2D eigenvalue weighted by Crippen LogP contribution is -2.33. The maximum absolute atomic E-state index is 4.02. The second kappa shape index (κ2) is 4.34. The summed E-state index contributed by atoms with van der Waals surface area (Å²) in [6, 6.07) is 15.0. The Balaban J connectivity index is 1.96. The molecular formula is C15H13N2+. The molecule has 0 saturated carbocycles. The fraction of sp³-hybridized carbons (Fsp3) is 0.0667. The number of fused-ring (bicyclic) bond motifs is 1. The maximum atomic E-state index is 4.02. The number of hydrogen-bond acceptors (Lipinski definition) is 1. The van der Waals surface area contributed by atoms with E-state index in [4.69, 9.17) is 0 Å². The van der Waals surface area contributed by atoms with Crippen molar-refractivity contribution < 1.29 is 4.57 Å². The molecule has 1 aromatic heterocycles. The zero-order valence-electron chi connectivity index (χ0n) is 9.45. The number of rotatable bonds is 2. The first-order valence-electron chi connectivity index (χ1n) is 5.68. The van der Waals surface area contributed by atoms with Crippen LogP contribution in [0.25, 0.3) is 10.8 Å². The first kappa shape index (κ1) is 9.97. The molecule has 0 aliphatic heterocycles. The molecule has 0 atom stereocenters. The molecule has 3 rings (SSSR count). The van der Waals surface area contributed by atoms with Crippen molar-refractivity contribution in [2.75, 3.05) is 0 Å². The van der Waals surface area contributed by atoms with Gasteiger partial charge in [-0.05, 0) is 16.8 Å². The van der Waals surface area contributed by atoms with Gasteiger partial charge in [0.15, 0.2) is 18.9 Å². The Kier molecular flexibility index (Phi) is 2.54. The Bertz CT molecular complexity index is 633. The maximum Gasteiger partial charge on any atom is 0.187 e. The molecule has 3 aromatic rings. The van der Waals surface area contributed by atoms with E-state index in [9.17, 15) is 0 Å². The van der Waals surface area contributed by atoms with Gasteiger partial charge < -0.3 is 0 Å². The molecule has 2 aromatic carbocycles. The smallest absolute Gasteiger partial charge is 0.187 e. The van der Waals surface area contributed by atoms with Crippen LogP contribution in [0, 0.1) is 0 Å². The highest BCUT2D eigenvalue weighted by Crippen LogP contribution is 2.15. The van der Waals surface area contributed by atoms with Crippen molar-refractivity contribution in [2.24, 2.45) is 0 Å². The van der Waals surface area contributed by atoms with Gasteiger partial charge in [0.1, 0.15) is 0 Å². The molecule has 0 bridgehead atoms. The number of hydrogen-bond donors (Lipinski definition) is 0. The summed E-state index contributed by atoms with van der Waals surface area (Å²) >= 11 is 0. The standard InChI is InChI=1S/C15H13N2/c1-2-4-15-11-13(5-6-14(15)3-1)12-17-9-7-16-8-10-17/h1-11H,12H2/q+1. The monoisotopic (exact) mass is 221 g/mol. The van der Waals surface area contributed by atoms with E-state index in [-0.39, 0.29) is 0 Å². The summed E-state index contributed by atoms with van der Waals surface area (Å²) in [4.78, 5) is 4.02. The van der Waals surface area contributed by atoms with Crippen molar-refractivity contribution in [1.29, 1.82) is 0 Å². The molecule has 0 N–H and O–H groups in total. The fourth-order valence-electron chi connectivity index (χ4n) is 2.00. The lowest BCUT2D eigenvalue weighted by molar-refractivity contribution is -0.688. The summed E-state index contributed by atoms with van der Waals surface area (Å²) in [5, 5.41) is 2.58. The summed E-state index contributed by atoms with van der Waals surface area (Å²) < 4.78 is 2.12. The summed E-state index contributed by atoms with van der Waals surface area (Å²) in [7, 11) is 0. The van der Waals surface area contributed by atoms with E-state index in [0.717, 1.165) is 6.54 Å². The minimum Gasteiger partial charge on any atom is -0.252 e. The molecule has 0 aliphatic carbocycles. The lowest BCUT2D eigenvalue weighted by atomic mass is 10.1. The van der Waals surface area contributed by atoms with Crippen LogP contribution in [0.1, 0.15) is 5.56 Å². The van der Waals surface area contributed by atoms with Gasteiger partial charge in [-0.25, -0.2) is 0 Å². The van der Waals surface area contributed by atoms with Gasteiger partial charge in [0.25, 0.3) is 0 Å². The largest absolute Gasteiger partial charge is 0.252 e. The lowest BCUT2D eigenvalue weighted by Gasteiger charge is -2.00. The van der Waals surface area contributed by atoms with Crippen molar-refractivity contribution in [3.8, 4) is 0 Å². The Morgan fingerprint density at radius 2 is 1.65 bits per heavy atom. The van der Waals surface area contributed by atoms with Crippen LogP contribution < -0.4 is 4.57 Å². The van der Waals surface area contributed by atoms with Crippen LogP contribution >= 0.6 is 0 Å². The van der Waals surface area contributed by atoms with E-state index in [2.05, 4.69) is 52.0 Å². The molecule has 1 heterocycles. The molecule has 0 radical (unpaired) electrons. The topological polar surface area (TPSA) is 16.8 Å². The predicted octanol–water partition coefficient (Wildman–Crippen LogP) is 2.57. The third-order valence-electron chi connectivity index (χ3n) is 2.87. The Labute approximate surface area is 100 Å². The summed E-state index contributed by atoms with van der Waals surface area (Å²) in [6.07, 6.45) is 7.58. The van der Waals surface area contributed by atoms with Crippen LogP contribution in [-0.4, -0.2) is 4.98 Å². The Hall–Kier alpha value is -2.22. The zero-order chi connectivity index (χ0) is 11.5. The van der Waals surface area contributed by atoms with Crippen LogP contribution in [0.3, 0.4) is 0 Å². The van der Waals surface area contributed by atoms with Crippen molar-refractivity contribution >= 4 is 10.8 Å². The van der Waals surface area contributed by atoms with Gasteiger partial charge in [0, 0.05) is 5.56 Å². The van der Waals surface area contributed by atoms with Gasteiger partial charge in [0.2, 0.25) is 0 Å². The van der Waals surface area contributed by atoms with E-state index in [0.29, 0.717) is 0 Å². The number of benzene rings is 2. The normalized spacial score (nSPS) is 10.6. The van der Waals surface area contributed by atoms with Crippen LogP contribution in [0.15, 0.2) is 67.3 Å². The Morgan fingerprint density at radius 3 is 2.47 bits per heavy atom. The van der Waals surface area contributed by atoms with Crippen molar-refractivity contribution in [3.05, 3.63) is 72.8 Å². The third kappa shape index (κ3) is 2.16. The van der Waals surface area contributed by atoms with E-state index in [1.165, 1.54) is 16.3 Å². The molecule has 0 saturated heterocycles. The van der Waals surface area contributed by atoms with Crippen LogP contribution in [0.5, 0.6) is 0 Å². The van der Waals surface area contributed by atoms with Gasteiger partial charge in [-0.1, -0.05) is 36.4 Å². The average Bonchev–Trinajstić information content (AvgIpc) is 2.40. The van der Waals surface area contributed by atoms with Crippen LogP contribution in [0.2, 0.25) is 0 Å². The van der Waals surface area contributed by atoms with Crippen molar-refractivity contribution in [1.82, 2.24) is 4.98 Å². The first-order chi connectivity index (χ1) is 8.42. The highest BCUT2D eigenvalue weighted by atomic mass is 14.9. The summed E-state index contributed by atoms with van der Waals surface area (Å²) in [6.45, 7) is 0.882. The van der Waals surface area contributed by atoms with E-state index in [1.54, 1.807) is 12.4 Å². The van der Waals surface area contributed by atoms with E-state index >= 15 is 0 Å². The molecule has 0 unspecified atom stereocenters. The number of aromatic nitrogens is 2. The fourth-order valence-corrected chi connectivity index (χ4v) is 2.00. The molecule has 2 nitrogen and oxygen atoms in total. The van der Waals surface area contributed by atoms with Gasteiger partial charge in [-0.15, -0.1) is 0 Å². The molecular weight excluding hydrogens is 208 g/mol. The SMILES string of the molecule is c1ccc2cc(C[n+]3ccncc3)ccc2c1. The van der Waals surface area contributed by atoms with Gasteiger partial charge >= 0.3 is 0 Å². The van der Waals surface area contributed by atoms with Gasteiger partial charge in [-0.2, -0.15) is 4.57 Å². The molecule has 2 heteroatoms. The van der Waals surface area contributed by atoms with E-state index < -0.39 is 0 Å². The summed E-state index contributed by atoms with van der Waals surface area (Å²) in [5.41, 5.74) is 1.31. The second-order valence-electron chi connectivity index (χ2n) is 4.10. The quantitative estimate of drug-likeness (QED) is 0.608. The van der Waals surface area contributed by atoms with Crippen molar-refractivity contribution in [3.63, 3.8) is 0 Å². The Morgan fingerprint density at radius 1 is 0.882 bits per heavy atom. The predicted molar refractivity (Wildman–Crippen MR) is 67.5 cm³/mol. The zero-order valence-corrected chi connectivity index (χ0v) is 9.45. The highest BCUT2D eigenvalue weighted by molar-refractivity contribution is 5.82. The molecule has 0 amide bonds. The second-order valence-corrected chi connectivity index (χ2v) is 4.10. The third-order valence-corrected chi connectivity index (χ3v) is 2.87. The first-order valence-corrected chi connectivity index (χ1v) is 5.68. The van der Waals surface area contributed by atoms with Crippen molar-refractivity contribution in [2.45, 2.75) is 6.54 Å². The minimum atomic E-state index is 0.882. The van der Waals surface area contributed by atoms with E-state index in [1.807, 2.05) is 12.4 Å². The van der Waals surface area contributed by atoms with Crippen LogP contribution in [-0.2, 0) is 6.54 Å². The highest BCUT2D eigenvalue weighted by Gasteiger charge is 2.02. The molecule has 82 valence electrons. The molecule has 0 aliphatic rings. The summed E-state index contributed by atoms with van der Waals surface area (Å²) in [5.74, 6) is 0. The minimum absolute atomic E-state index is 0.882. The van der Waals surface area contributed by atoms with Gasteiger partial charge in [0.05, 0.1) is 12.4 Å². The molecule has 0 fully saturated rings. The van der Waals surface area contributed by atoms with Crippen LogP contribution in [0.4, 0.5) is 0 Å². The van der Waals surface area contributed by atoms with Gasteiger partial charge in [-0.3, -0.25) is 4.98 Å². The number of nitrogens with zero attached hydrogens (tertiary/aromatic N) is 2. The molecule has 17 heavy (non-hydrogen) atoms.